The maximum absolute atomic E-state index is 14.0. The molecule has 2 unspecified atom stereocenters. The molecule has 0 radical (unpaired) electrons. The van der Waals surface area contributed by atoms with Crippen molar-refractivity contribution in [2.45, 2.75) is 51.6 Å². The van der Waals surface area contributed by atoms with Gasteiger partial charge in [-0.25, -0.2) is 0 Å². The molecule has 3 rings (SSSR count). The Kier molecular flexibility index (Phi) is 7.11. The molecule has 2 atom stereocenters. The van der Waals surface area contributed by atoms with E-state index in [1.807, 2.05) is 0 Å². The molecule has 0 spiro atoms. The minimum Gasteiger partial charge on any atom is -0.494 e. The summed E-state index contributed by atoms with van der Waals surface area (Å²) in [5.41, 5.74) is 0. The van der Waals surface area contributed by atoms with E-state index in [0.29, 0.717) is 5.92 Å². The minimum atomic E-state index is -1.02. The van der Waals surface area contributed by atoms with Gasteiger partial charge < -0.3 is 14.2 Å². The highest BCUT2D eigenvalue weighted by molar-refractivity contribution is 5.34. The number of rotatable bonds is 6. The SMILES string of the molecule is CC=CC1CCC(C2CCC(COc3ccc(OC)c(F)c3F)OC2)CC1. The van der Waals surface area contributed by atoms with Gasteiger partial charge in [-0.1, -0.05) is 12.2 Å². The molecule has 0 aromatic heterocycles. The highest BCUT2D eigenvalue weighted by Gasteiger charge is 2.31. The number of hydrogen-bond donors (Lipinski definition) is 0. The van der Waals surface area contributed by atoms with E-state index in [0.717, 1.165) is 31.3 Å². The summed E-state index contributed by atoms with van der Waals surface area (Å²) in [6, 6.07) is 2.77. The molecule has 1 saturated heterocycles. The van der Waals surface area contributed by atoms with Crippen LogP contribution in [-0.2, 0) is 4.74 Å². The summed E-state index contributed by atoms with van der Waals surface area (Å²) in [4.78, 5) is 0. The van der Waals surface area contributed by atoms with Gasteiger partial charge in [0.05, 0.1) is 19.8 Å². The highest BCUT2D eigenvalue weighted by atomic mass is 19.2. The quantitative estimate of drug-likeness (QED) is 0.607. The lowest BCUT2D eigenvalue weighted by atomic mass is 9.74. The monoisotopic (exact) mass is 380 g/mol. The van der Waals surface area contributed by atoms with Crippen molar-refractivity contribution in [2.24, 2.45) is 17.8 Å². The molecule has 150 valence electrons. The molecule has 0 amide bonds. The number of hydrogen-bond acceptors (Lipinski definition) is 3. The average Bonchev–Trinajstić information content (AvgIpc) is 2.70. The Balaban J connectivity index is 1.43. The van der Waals surface area contributed by atoms with E-state index in [1.165, 1.54) is 44.9 Å². The molecule has 1 heterocycles. The third-order valence-electron chi connectivity index (χ3n) is 6.01. The first-order chi connectivity index (χ1) is 13.1. The van der Waals surface area contributed by atoms with Gasteiger partial charge in [0.1, 0.15) is 6.61 Å². The van der Waals surface area contributed by atoms with E-state index < -0.39 is 11.6 Å². The molecule has 27 heavy (non-hydrogen) atoms. The van der Waals surface area contributed by atoms with E-state index in [2.05, 4.69) is 19.1 Å². The van der Waals surface area contributed by atoms with Crippen LogP contribution in [0.1, 0.15) is 45.4 Å². The molecule has 1 saturated carbocycles. The summed E-state index contributed by atoms with van der Waals surface area (Å²) in [5, 5.41) is 0. The van der Waals surface area contributed by atoms with E-state index in [9.17, 15) is 8.78 Å². The molecular formula is C22H30F2O3. The Labute approximate surface area is 160 Å². The van der Waals surface area contributed by atoms with Gasteiger partial charge in [-0.15, -0.1) is 0 Å². The lowest BCUT2D eigenvalue weighted by molar-refractivity contribution is -0.0557. The topological polar surface area (TPSA) is 27.7 Å². The second kappa shape index (κ2) is 9.54. The number of ether oxygens (including phenoxy) is 3. The standard InChI is InChI=1S/C22H30F2O3/c1-3-4-15-5-7-16(8-6-15)17-9-10-18(26-13-17)14-27-20-12-11-19(25-2)21(23)22(20)24/h3-4,11-12,15-18H,5-10,13-14H2,1-2H3. The molecular weight excluding hydrogens is 350 g/mol. The van der Waals surface area contributed by atoms with Crippen molar-refractivity contribution in [1.82, 2.24) is 0 Å². The molecule has 2 fully saturated rings. The Morgan fingerprint density at radius 3 is 2.30 bits per heavy atom. The zero-order valence-electron chi connectivity index (χ0n) is 16.3. The maximum Gasteiger partial charge on any atom is 0.204 e. The predicted octanol–water partition coefficient (Wildman–Crippen LogP) is 5.53. The van der Waals surface area contributed by atoms with Crippen molar-refractivity contribution in [3.63, 3.8) is 0 Å². The van der Waals surface area contributed by atoms with Crippen molar-refractivity contribution >= 4 is 0 Å². The first kappa shape index (κ1) is 20.1. The molecule has 3 nitrogen and oxygen atoms in total. The summed E-state index contributed by atoms with van der Waals surface area (Å²) in [6.07, 6.45) is 11.6. The van der Waals surface area contributed by atoms with Crippen molar-refractivity contribution in [1.29, 1.82) is 0 Å². The fraction of sp³-hybridized carbons (Fsp3) is 0.636. The van der Waals surface area contributed by atoms with Crippen LogP contribution in [0, 0.1) is 29.4 Å². The van der Waals surface area contributed by atoms with Crippen molar-refractivity contribution in [3.8, 4) is 11.5 Å². The summed E-state index contributed by atoms with van der Waals surface area (Å²) >= 11 is 0. The van der Waals surface area contributed by atoms with Crippen molar-refractivity contribution in [2.75, 3.05) is 20.3 Å². The molecule has 0 N–H and O–H groups in total. The second-order valence-electron chi connectivity index (χ2n) is 7.70. The van der Waals surface area contributed by atoms with Crippen molar-refractivity contribution in [3.05, 3.63) is 35.9 Å². The van der Waals surface area contributed by atoms with Crippen molar-refractivity contribution < 1.29 is 23.0 Å². The fourth-order valence-electron chi connectivity index (χ4n) is 4.38. The Hall–Kier alpha value is -1.62. The molecule has 1 aliphatic carbocycles. The molecule has 2 aliphatic rings. The van der Waals surface area contributed by atoms with Gasteiger partial charge in [-0.2, -0.15) is 8.78 Å². The van der Waals surface area contributed by atoms with Crippen LogP contribution in [0.5, 0.6) is 11.5 Å². The maximum atomic E-state index is 14.0. The van der Waals surface area contributed by atoms with Crippen LogP contribution in [0.2, 0.25) is 0 Å². The average molecular weight is 380 g/mol. The summed E-state index contributed by atoms with van der Waals surface area (Å²) < 4.78 is 43.9. The highest BCUT2D eigenvalue weighted by Crippen LogP contribution is 2.38. The van der Waals surface area contributed by atoms with Gasteiger partial charge in [-0.05, 0) is 75.3 Å². The van der Waals surface area contributed by atoms with Crippen LogP contribution in [0.3, 0.4) is 0 Å². The van der Waals surface area contributed by atoms with Gasteiger partial charge in [-0.3, -0.25) is 0 Å². The first-order valence-corrected chi connectivity index (χ1v) is 10.0. The molecule has 1 aromatic carbocycles. The van der Waals surface area contributed by atoms with Gasteiger partial charge in [0.2, 0.25) is 11.6 Å². The van der Waals surface area contributed by atoms with E-state index >= 15 is 0 Å². The fourth-order valence-corrected chi connectivity index (χ4v) is 4.38. The number of allylic oxidation sites excluding steroid dienone is 2. The van der Waals surface area contributed by atoms with Crippen LogP contribution >= 0.6 is 0 Å². The van der Waals surface area contributed by atoms with Crippen LogP contribution in [0.25, 0.3) is 0 Å². The molecule has 1 aliphatic heterocycles. The first-order valence-electron chi connectivity index (χ1n) is 10.0. The van der Waals surface area contributed by atoms with Gasteiger partial charge in [0.25, 0.3) is 0 Å². The third kappa shape index (κ3) is 5.01. The Bertz CT molecular complexity index is 631. The minimum absolute atomic E-state index is 0.0647. The molecule has 5 heteroatoms. The normalized spacial score (nSPS) is 29.0. The lowest BCUT2D eigenvalue weighted by Gasteiger charge is -2.37. The number of methoxy groups -OCH3 is 1. The van der Waals surface area contributed by atoms with Gasteiger partial charge >= 0.3 is 0 Å². The van der Waals surface area contributed by atoms with Gasteiger partial charge in [0.15, 0.2) is 11.5 Å². The Morgan fingerprint density at radius 2 is 1.67 bits per heavy atom. The molecule has 1 aromatic rings. The number of halogens is 2. The predicted molar refractivity (Wildman–Crippen MR) is 101 cm³/mol. The lowest BCUT2D eigenvalue weighted by Crippen LogP contribution is -2.35. The summed E-state index contributed by atoms with van der Waals surface area (Å²) in [6.45, 7) is 3.07. The van der Waals surface area contributed by atoms with Crippen LogP contribution < -0.4 is 9.47 Å². The largest absolute Gasteiger partial charge is 0.494 e. The van der Waals surface area contributed by atoms with Crippen LogP contribution in [0.15, 0.2) is 24.3 Å². The molecule has 0 bridgehead atoms. The van der Waals surface area contributed by atoms with E-state index in [-0.39, 0.29) is 24.2 Å². The van der Waals surface area contributed by atoms with Gasteiger partial charge in [0, 0.05) is 0 Å². The Morgan fingerprint density at radius 1 is 1.00 bits per heavy atom. The summed E-state index contributed by atoms with van der Waals surface area (Å²) in [7, 11) is 1.30. The smallest absolute Gasteiger partial charge is 0.204 e. The van der Waals surface area contributed by atoms with E-state index in [4.69, 9.17) is 14.2 Å². The second-order valence-corrected chi connectivity index (χ2v) is 7.70. The number of benzene rings is 1. The van der Waals surface area contributed by atoms with Crippen LogP contribution in [-0.4, -0.2) is 26.4 Å². The third-order valence-corrected chi connectivity index (χ3v) is 6.01. The zero-order valence-corrected chi connectivity index (χ0v) is 16.3. The summed E-state index contributed by atoms with van der Waals surface area (Å²) in [5.74, 6) is -0.141. The zero-order chi connectivity index (χ0) is 19.2. The van der Waals surface area contributed by atoms with Crippen LogP contribution in [0.4, 0.5) is 8.78 Å². The van der Waals surface area contributed by atoms with E-state index in [1.54, 1.807) is 0 Å².